The summed E-state index contributed by atoms with van der Waals surface area (Å²) in [7, 11) is 2.06. The maximum absolute atomic E-state index is 13.3. The van der Waals surface area contributed by atoms with Gasteiger partial charge in [0, 0.05) is 55.1 Å². The number of benzene rings is 1. The quantitative estimate of drug-likeness (QED) is 0.603. The van der Waals surface area contributed by atoms with E-state index >= 15 is 0 Å². The van der Waals surface area contributed by atoms with Crippen molar-refractivity contribution in [3.63, 3.8) is 0 Å². The first kappa shape index (κ1) is 25.1. The molecule has 3 atom stereocenters. The summed E-state index contributed by atoms with van der Waals surface area (Å²) in [6, 6.07) is 9.26. The van der Waals surface area contributed by atoms with E-state index in [1.54, 1.807) is 17.3 Å². The molecule has 35 heavy (non-hydrogen) atoms. The number of pyridine rings is 1. The van der Waals surface area contributed by atoms with Crippen LogP contribution in [0.4, 0.5) is 5.69 Å². The Morgan fingerprint density at radius 1 is 1.29 bits per heavy atom. The Hall–Kier alpha value is -2.97. The molecule has 2 aliphatic rings. The Balaban J connectivity index is 1.58. The average Bonchev–Trinajstić information content (AvgIpc) is 3.68. The summed E-state index contributed by atoms with van der Waals surface area (Å²) in [5.74, 6) is 0.767. The molecule has 1 aromatic carbocycles. The van der Waals surface area contributed by atoms with E-state index in [0.29, 0.717) is 24.5 Å². The first-order valence-electron chi connectivity index (χ1n) is 12.4. The standard InChI is InChI=1S/C27H36N4O4/c1-18-14-31(19(2)17-32)26(33)13-22-12-23(29-27(34)21-4-5-21)6-7-24(22)35-25(18)16-30(3)15-20-8-10-28-11-9-20/h6-12,18-19,21,25,32H,4-5,13-17H2,1-3H3,(H,29,34)/t18-,19+,25-/m1/s1. The van der Waals surface area contributed by atoms with Crippen LogP contribution in [0.1, 0.15) is 37.8 Å². The predicted molar refractivity (Wildman–Crippen MR) is 134 cm³/mol. The normalized spacial score (nSPS) is 21.4. The lowest BCUT2D eigenvalue weighted by atomic mass is 10.0. The van der Waals surface area contributed by atoms with Crippen LogP contribution in [-0.2, 0) is 22.6 Å². The van der Waals surface area contributed by atoms with Crippen LogP contribution in [0.15, 0.2) is 42.7 Å². The summed E-state index contributed by atoms with van der Waals surface area (Å²) < 4.78 is 6.56. The number of aromatic nitrogens is 1. The van der Waals surface area contributed by atoms with E-state index in [2.05, 4.69) is 29.2 Å². The molecule has 0 unspecified atom stereocenters. The van der Waals surface area contributed by atoms with Crippen LogP contribution >= 0.6 is 0 Å². The van der Waals surface area contributed by atoms with Gasteiger partial charge in [-0.3, -0.25) is 19.5 Å². The number of nitrogens with one attached hydrogen (secondary N) is 1. The second-order valence-electron chi connectivity index (χ2n) is 10.0. The van der Waals surface area contributed by atoms with Crippen LogP contribution in [-0.4, -0.2) is 70.6 Å². The Bertz CT molecular complexity index is 1030. The van der Waals surface area contributed by atoms with Crippen molar-refractivity contribution in [2.45, 2.75) is 51.8 Å². The van der Waals surface area contributed by atoms with Gasteiger partial charge in [0.25, 0.3) is 0 Å². The maximum atomic E-state index is 13.3. The van der Waals surface area contributed by atoms with Crippen LogP contribution in [0, 0.1) is 11.8 Å². The average molecular weight is 481 g/mol. The van der Waals surface area contributed by atoms with Crippen LogP contribution in [0.25, 0.3) is 0 Å². The molecule has 1 saturated carbocycles. The summed E-state index contributed by atoms with van der Waals surface area (Å²) >= 11 is 0. The van der Waals surface area contributed by atoms with E-state index in [0.717, 1.165) is 24.9 Å². The Labute approximate surface area is 207 Å². The Morgan fingerprint density at radius 2 is 2.03 bits per heavy atom. The van der Waals surface area contributed by atoms with E-state index in [-0.39, 0.29) is 48.8 Å². The number of hydrogen-bond donors (Lipinski definition) is 2. The number of hydrogen-bond acceptors (Lipinski definition) is 6. The fourth-order valence-corrected chi connectivity index (χ4v) is 4.49. The van der Waals surface area contributed by atoms with Gasteiger partial charge in [-0.15, -0.1) is 0 Å². The molecule has 1 fully saturated rings. The minimum Gasteiger partial charge on any atom is -0.488 e. The molecule has 1 aromatic heterocycles. The number of amides is 2. The van der Waals surface area contributed by atoms with Gasteiger partial charge < -0.3 is 20.1 Å². The lowest BCUT2D eigenvalue weighted by Gasteiger charge is -2.34. The molecule has 0 saturated heterocycles. The van der Waals surface area contributed by atoms with Crippen molar-refractivity contribution in [2.75, 3.05) is 32.1 Å². The molecule has 188 valence electrons. The highest BCUT2D eigenvalue weighted by atomic mass is 16.5. The molecule has 0 spiro atoms. The van der Waals surface area contributed by atoms with Crippen molar-refractivity contribution < 1.29 is 19.4 Å². The van der Waals surface area contributed by atoms with Crippen molar-refractivity contribution in [3.8, 4) is 5.75 Å². The molecule has 8 nitrogen and oxygen atoms in total. The largest absolute Gasteiger partial charge is 0.488 e. The number of fused-ring (bicyclic) bond motifs is 1. The fraction of sp³-hybridized carbons (Fsp3) is 0.519. The maximum Gasteiger partial charge on any atom is 0.227 e. The van der Waals surface area contributed by atoms with Crippen molar-refractivity contribution in [2.24, 2.45) is 11.8 Å². The first-order valence-corrected chi connectivity index (χ1v) is 12.4. The lowest BCUT2D eigenvalue weighted by Crippen LogP contribution is -2.47. The molecular weight excluding hydrogens is 444 g/mol. The molecule has 1 aliphatic carbocycles. The number of carbonyl (C=O) groups is 2. The number of ether oxygens (including phenoxy) is 1. The summed E-state index contributed by atoms with van der Waals surface area (Å²) in [4.78, 5) is 33.6. The molecule has 2 heterocycles. The number of rotatable bonds is 8. The topological polar surface area (TPSA) is 95.0 Å². The van der Waals surface area contributed by atoms with Gasteiger partial charge in [-0.25, -0.2) is 0 Å². The second kappa shape index (κ2) is 11.2. The lowest BCUT2D eigenvalue weighted by molar-refractivity contribution is -0.134. The van der Waals surface area contributed by atoms with Crippen LogP contribution in [0.3, 0.4) is 0 Å². The number of nitrogens with zero attached hydrogens (tertiary/aromatic N) is 3. The van der Waals surface area contributed by atoms with E-state index in [9.17, 15) is 14.7 Å². The van der Waals surface area contributed by atoms with Crippen molar-refractivity contribution in [3.05, 3.63) is 53.9 Å². The zero-order valence-electron chi connectivity index (χ0n) is 20.8. The number of anilines is 1. The van der Waals surface area contributed by atoms with Crippen molar-refractivity contribution in [1.82, 2.24) is 14.8 Å². The third kappa shape index (κ3) is 6.58. The third-order valence-corrected chi connectivity index (χ3v) is 6.83. The van der Waals surface area contributed by atoms with Gasteiger partial charge in [0.15, 0.2) is 0 Å². The fourth-order valence-electron chi connectivity index (χ4n) is 4.49. The van der Waals surface area contributed by atoms with Gasteiger partial charge in [-0.2, -0.15) is 0 Å². The monoisotopic (exact) mass is 480 g/mol. The highest BCUT2D eigenvalue weighted by Gasteiger charge is 2.32. The Kier molecular flexibility index (Phi) is 8.03. The SMILES string of the molecule is C[C@@H]1CN([C@@H](C)CO)C(=O)Cc2cc(NC(=O)C3CC3)ccc2O[C@@H]1CN(C)Cc1ccncc1. The number of aliphatic hydroxyl groups is 1. The van der Waals surface area contributed by atoms with Crippen LogP contribution in [0.2, 0.25) is 0 Å². The van der Waals surface area contributed by atoms with E-state index in [4.69, 9.17) is 4.74 Å². The number of likely N-dealkylation sites (N-methyl/N-ethyl adjacent to an activating group) is 1. The van der Waals surface area contributed by atoms with Gasteiger partial charge in [-0.05, 0) is 62.7 Å². The minimum absolute atomic E-state index is 0.0278. The number of carbonyl (C=O) groups excluding carboxylic acids is 2. The molecule has 2 amide bonds. The minimum atomic E-state index is -0.292. The van der Waals surface area contributed by atoms with Gasteiger partial charge in [-0.1, -0.05) is 6.92 Å². The molecule has 8 heteroatoms. The molecule has 4 rings (SSSR count). The summed E-state index contributed by atoms with van der Waals surface area (Å²) in [6.07, 6.45) is 5.42. The predicted octanol–water partition coefficient (Wildman–Crippen LogP) is 2.71. The summed E-state index contributed by atoms with van der Waals surface area (Å²) in [5, 5.41) is 12.8. The highest BCUT2D eigenvalue weighted by Crippen LogP contribution is 2.32. The van der Waals surface area contributed by atoms with Gasteiger partial charge in [0.1, 0.15) is 11.9 Å². The highest BCUT2D eigenvalue weighted by molar-refractivity contribution is 5.94. The van der Waals surface area contributed by atoms with Crippen LogP contribution < -0.4 is 10.1 Å². The smallest absolute Gasteiger partial charge is 0.227 e. The Morgan fingerprint density at radius 3 is 2.71 bits per heavy atom. The summed E-state index contributed by atoms with van der Waals surface area (Å²) in [6.45, 7) is 5.76. The molecule has 0 bridgehead atoms. The van der Waals surface area contributed by atoms with Gasteiger partial charge >= 0.3 is 0 Å². The van der Waals surface area contributed by atoms with Crippen molar-refractivity contribution in [1.29, 1.82) is 0 Å². The van der Waals surface area contributed by atoms with E-state index in [1.807, 2.05) is 37.3 Å². The van der Waals surface area contributed by atoms with E-state index < -0.39 is 0 Å². The summed E-state index contributed by atoms with van der Waals surface area (Å²) in [5.41, 5.74) is 2.59. The first-order chi connectivity index (χ1) is 16.8. The molecule has 0 radical (unpaired) electrons. The zero-order chi connectivity index (χ0) is 24.9. The van der Waals surface area contributed by atoms with E-state index in [1.165, 1.54) is 5.56 Å². The molecule has 1 aliphatic heterocycles. The molecular formula is C27H36N4O4. The second-order valence-corrected chi connectivity index (χ2v) is 10.0. The number of aliphatic hydroxyl groups excluding tert-OH is 1. The molecule has 2 aromatic rings. The van der Waals surface area contributed by atoms with Gasteiger partial charge in [0.05, 0.1) is 19.1 Å². The van der Waals surface area contributed by atoms with Gasteiger partial charge in [0.2, 0.25) is 11.8 Å². The zero-order valence-corrected chi connectivity index (χ0v) is 20.8. The van der Waals surface area contributed by atoms with Crippen LogP contribution in [0.5, 0.6) is 5.75 Å². The third-order valence-electron chi connectivity index (χ3n) is 6.83. The molecule has 2 N–H and O–H groups in total. The van der Waals surface area contributed by atoms with Crippen molar-refractivity contribution >= 4 is 17.5 Å².